The molecule has 2 N–H and O–H groups in total. The molecule has 1 aliphatic rings. The average Bonchev–Trinajstić information content (AvgIpc) is 2.47. The first-order valence-electron chi connectivity index (χ1n) is 6.50. The molecule has 0 aromatic carbocycles. The quantitative estimate of drug-likeness (QED) is 0.697. The Bertz CT molecular complexity index is 457. The van der Waals surface area contributed by atoms with Crippen molar-refractivity contribution in [3.8, 4) is 0 Å². The van der Waals surface area contributed by atoms with Crippen LogP contribution in [0.5, 0.6) is 0 Å². The standard InChI is InChI=1S/C13H21N3O4/c1-7(2)10(8(3)17)14-9(18)6-16-11(19)13(4,5)15-12(16)20/h7,10H,6H2,1-5H3,(H,14,18)(H,15,20). The Morgan fingerprint density at radius 1 is 1.30 bits per heavy atom. The molecule has 1 heterocycles. The van der Waals surface area contributed by atoms with E-state index in [1.54, 1.807) is 13.8 Å². The fraction of sp³-hybridized carbons (Fsp3) is 0.692. The maximum atomic E-state index is 11.9. The molecule has 0 aromatic rings. The molecule has 20 heavy (non-hydrogen) atoms. The lowest BCUT2D eigenvalue weighted by atomic mass is 10.0. The topological polar surface area (TPSA) is 95.6 Å². The maximum Gasteiger partial charge on any atom is 0.325 e. The summed E-state index contributed by atoms with van der Waals surface area (Å²) in [5.41, 5.74) is -1.00. The molecule has 7 heteroatoms. The second-order valence-electron chi connectivity index (χ2n) is 5.85. The van der Waals surface area contributed by atoms with Gasteiger partial charge in [-0.3, -0.25) is 19.3 Å². The second kappa shape index (κ2) is 5.60. The van der Waals surface area contributed by atoms with Crippen molar-refractivity contribution in [3.63, 3.8) is 0 Å². The third-order valence-electron chi connectivity index (χ3n) is 3.17. The number of amides is 4. The van der Waals surface area contributed by atoms with E-state index >= 15 is 0 Å². The van der Waals surface area contributed by atoms with Crippen LogP contribution < -0.4 is 10.6 Å². The number of hydrogen-bond acceptors (Lipinski definition) is 4. The van der Waals surface area contributed by atoms with Gasteiger partial charge in [-0.25, -0.2) is 4.79 Å². The number of ketones is 1. The lowest BCUT2D eigenvalue weighted by Gasteiger charge is -2.21. The summed E-state index contributed by atoms with van der Waals surface area (Å²) in [6.45, 7) is 7.76. The predicted octanol–water partition coefficient (Wildman–Crippen LogP) is 0.0466. The van der Waals surface area contributed by atoms with E-state index in [-0.39, 0.29) is 18.2 Å². The van der Waals surface area contributed by atoms with Crippen LogP contribution in [0.15, 0.2) is 0 Å². The molecule has 0 spiro atoms. The Morgan fingerprint density at radius 3 is 2.20 bits per heavy atom. The smallest absolute Gasteiger partial charge is 0.325 e. The van der Waals surface area contributed by atoms with Gasteiger partial charge < -0.3 is 10.6 Å². The van der Waals surface area contributed by atoms with Crippen molar-refractivity contribution in [2.75, 3.05) is 6.54 Å². The van der Waals surface area contributed by atoms with Crippen LogP contribution in [0, 0.1) is 5.92 Å². The van der Waals surface area contributed by atoms with E-state index in [0.29, 0.717) is 0 Å². The van der Waals surface area contributed by atoms with Gasteiger partial charge >= 0.3 is 6.03 Å². The SMILES string of the molecule is CC(=O)C(NC(=O)CN1C(=O)NC(C)(C)C1=O)C(C)C. The summed E-state index contributed by atoms with van der Waals surface area (Å²) in [5, 5.41) is 5.04. The number of rotatable bonds is 5. The number of urea groups is 1. The molecule has 112 valence electrons. The maximum absolute atomic E-state index is 11.9. The number of Topliss-reactive ketones (excluding diaryl/α,β-unsaturated/α-hetero) is 1. The Morgan fingerprint density at radius 2 is 1.85 bits per heavy atom. The highest BCUT2D eigenvalue weighted by Gasteiger charge is 2.45. The molecule has 4 amide bonds. The molecular formula is C13H21N3O4. The minimum Gasteiger partial charge on any atom is -0.344 e. The summed E-state index contributed by atoms with van der Waals surface area (Å²) < 4.78 is 0. The van der Waals surface area contributed by atoms with Gasteiger partial charge in [-0.1, -0.05) is 13.8 Å². The summed E-state index contributed by atoms with van der Waals surface area (Å²) in [4.78, 5) is 47.7. The second-order valence-corrected chi connectivity index (χ2v) is 5.85. The fourth-order valence-corrected chi connectivity index (χ4v) is 2.06. The third kappa shape index (κ3) is 3.34. The largest absolute Gasteiger partial charge is 0.344 e. The molecule has 7 nitrogen and oxygen atoms in total. The van der Waals surface area contributed by atoms with E-state index in [1.165, 1.54) is 6.92 Å². The molecule has 0 aromatic heterocycles. The van der Waals surface area contributed by atoms with Crippen LogP contribution in [0.2, 0.25) is 0 Å². The van der Waals surface area contributed by atoms with Gasteiger partial charge in [0.15, 0.2) is 5.78 Å². The zero-order valence-corrected chi connectivity index (χ0v) is 12.4. The normalized spacial score (nSPS) is 19.0. The Kier molecular flexibility index (Phi) is 4.52. The first-order chi connectivity index (χ1) is 9.06. The van der Waals surface area contributed by atoms with Gasteiger partial charge in [0, 0.05) is 0 Å². The number of carbonyl (C=O) groups is 4. The summed E-state index contributed by atoms with van der Waals surface area (Å²) in [5.74, 6) is -1.21. The Balaban J connectivity index is 2.70. The number of hydrogen-bond donors (Lipinski definition) is 2. The van der Waals surface area contributed by atoms with E-state index in [9.17, 15) is 19.2 Å². The van der Waals surface area contributed by atoms with Gasteiger partial charge in [-0.15, -0.1) is 0 Å². The van der Waals surface area contributed by atoms with E-state index < -0.39 is 29.4 Å². The molecule has 0 bridgehead atoms. The predicted molar refractivity (Wildman–Crippen MR) is 71.8 cm³/mol. The van der Waals surface area contributed by atoms with Gasteiger partial charge in [0.25, 0.3) is 5.91 Å². The van der Waals surface area contributed by atoms with E-state index in [1.807, 2.05) is 13.8 Å². The fourth-order valence-electron chi connectivity index (χ4n) is 2.06. The number of carbonyl (C=O) groups excluding carboxylic acids is 4. The van der Waals surface area contributed by atoms with Crippen molar-refractivity contribution in [1.82, 2.24) is 15.5 Å². The van der Waals surface area contributed by atoms with Crippen LogP contribution in [0.1, 0.15) is 34.6 Å². The monoisotopic (exact) mass is 283 g/mol. The molecule has 1 fully saturated rings. The zero-order chi connectivity index (χ0) is 15.7. The van der Waals surface area contributed by atoms with Crippen LogP contribution in [0.4, 0.5) is 4.79 Å². The van der Waals surface area contributed by atoms with Crippen molar-refractivity contribution in [2.45, 2.75) is 46.2 Å². The van der Waals surface area contributed by atoms with Crippen molar-refractivity contribution in [2.24, 2.45) is 5.92 Å². The number of nitrogens with zero attached hydrogens (tertiary/aromatic N) is 1. The molecular weight excluding hydrogens is 262 g/mol. The Labute approximate surface area is 118 Å². The number of nitrogens with one attached hydrogen (secondary N) is 2. The summed E-state index contributed by atoms with van der Waals surface area (Å²) in [7, 11) is 0. The summed E-state index contributed by atoms with van der Waals surface area (Å²) in [6.07, 6.45) is 0. The van der Waals surface area contributed by atoms with E-state index in [4.69, 9.17) is 0 Å². The lowest BCUT2D eigenvalue weighted by Crippen LogP contribution is -2.49. The minimum absolute atomic E-state index is 0.0593. The molecule has 1 aliphatic heterocycles. The molecule has 0 saturated carbocycles. The van der Waals surface area contributed by atoms with Crippen LogP contribution in [0.3, 0.4) is 0 Å². The highest BCUT2D eigenvalue weighted by atomic mass is 16.2. The van der Waals surface area contributed by atoms with Crippen LogP contribution >= 0.6 is 0 Å². The molecule has 1 unspecified atom stereocenters. The van der Waals surface area contributed by atoms with Gasteiger partial charge in [-0.05, 0) is 26.7 Å². The van der Waals surface area contributed by atoms with Crippen molar-refractivity contribution in [1.29, 1.82) is 0 Å². The molecule has 1 saturated heterocycles. The first kappa shape index (κ1) is 16.1. The van der Waals surface area contributed by atoms with Gasteiger partial charge in [0.05, 0.1) is 6.04 Å². The molecule has 1 rings (SSSR count). The minimum atomic E-state index is -1.00. The summed E-state index contributed by atoms with van der Waals surface area (Å²) in [6, 6.07) is -1.21. The molecule has 0 aliphatic carbocycles. The first-order valence-corrected chi connectivity index (χ1v) is 6.50. The molecule has 0 radical (unpaired) electrons. The van der Waals surface area contributed by atoms with Crippen LogP contribution in [0.25, 0.3) is 0 Å². The average molecular weight is 283 g/mol. The molecule has 1 atom stereocenters. The van der Waals surface area contributed by atoms with E-state index in [2.05, 4.69) is 10.6 Å². The van der Waals surface area contributed by atoms with Crippen LogP contribution in [-0.4, -0.2) is 46.7 Å². The van der Waals surface area contributed by atoms with E-state index in [0.717, 1.165) is 4.90 Å². The van der Waals surface area contributed by atoms with Crippen molar-refractivity contribution in [3.05, 3.63) is 0 Å². The third-order valence-corrected chi connectivity index (χ3v) is 3.17. The zero-order valence-electron chi connectivity index (χ0n) is 12.4. The Hall–Kier alpha value is -1.92. The van der Waals surface area contributed by atoms with Gasteiger partial charge in [0.1, 0.15) is 12.1 Å². The van der Waals surface area contributed by atoms with Crippen molar-refractivity contribution < 1.29 is 19.2 Å². The number of imide groups is 1. The van der Waals surface area contributed by atoms with Gasteiger partial charge in [-0.2, -0.15) is 0 Å². The summed E-state index contributed by atoms with van der Waals surface area (Å²) >= 11 is 0. The van der Waals surface area contributed by atoms with Crippen molar-refractivity contribution >= 4 is 23.6 Å². The van der Waals surface area contributed by atoms with Crippen LogP contribution in [-0.2, 0) is 14.4 Å². The van der Waals surface area contributed by atoms with Gasteiger partial charge in [0.2, 0.25) is 5.91 Å². The highest BCUT2D eigenvalue weighted by molar-refractivity contribution is 6.08. The lowest BCUT2D eigenvalue weighted by molar-refractivity contribution is -0.135. The highest BCUT2D eigenvalue weighted by Crippen LogP contribution is 2.16.